The number of nitrogens with one attached hydrogen (secondary N) is 1. The number of carbonyl (C=O) groups excluding carboxylic acids is 2. The van der Waals surface area contributed by atoms with Crippen LogP contribution < -0.4 is 10.4 Å². The molecule has 6 nitrogen and oxygen atoms in total. The number of aromatic carboxylic acids is 1. The molecule has 0 aliphatic carbocycles. The maximum atomic E-state index is 12.2. The first-order valence-electron chi connectivity index (χ1n) is 8.42. The molecular formula is C22H15N2O4-. The number of rotatable bonds is 6. The van der Waals surface area contributed by atoms with Crippen molar-refractivity contribution in [3.05, 3.63) is 89.2 Å². The molecule has 0 bridgehead atoms. The zero-order chi connectivity index (χ0) is 19.9. The van der Waals surface area contributed by atoms with Crippen LogP contribution in [-0.4, -0.2) is 11.9 Å². The number of nitrogens with zero attached hydrogens (tertiary/aromatic N) is 1. The highest BCUT2D eigenvalue weighted by molar-refractivity contribution is 6.01. The topological polar surface area (TPSA) is 106 Å². The van der Waals surface area contributed by atoms with Gasteiger partial charge in [-0.25, -0.2) is 0 Å². The van der Waals surface area contributed by atoms with Gasteiger partial charge in [0.1, 0.15) is 23.2 Å². The second-order valence-corrected chi connectivity index (χ2v) is 5.90. The number of furan rings is 1. The van der Waals surface area contributed by atoms with E-state index in [-0.39, 0.29) is 11.1 Å². The summed E-state index contributed by atoms with van der Waals surface area (Å²) in [5.41, 5.74) is 1.58. The summed E-state index contributed by atoms with van der Waals surface area (Å²) in [4.78, 5) is 23.0. The Morgan fingerprint density at radius 1 is 1.04 bits per heavy atom. The van der Waals surface area contributed by atoms with Crippen molar-refractivity contribution in [2.45, 2.75) is 6.54 Å². The Morgan fingerprint density at radius 3 is 2.39 bits per heavy atom. The van der Waals surface area contributed by atoms with Gasteiger partial charge in [0.15, 0.2) is 0 Å². The zero-order valence-corrected chi connectivity index (χ0v) is 14.7. The largest absolute Gasteiger partial charge is 0.545 e. The van der Waals surface area contributed by atoms with Crippen molar-refractivity contribution in [2.75, 3.05) is 0 Å². The second kappa shape index (κ2) is 8.52. The summed E-state index contributed by atoms with van der Waals surface area (Å²) in [5.74, 6) is -0.930. The van der Waals surface area contributed by atoms with Crippen LogP contribution in [0.3, 0.4) is 0 Å². The number of hydrogen-bond donors (Lipinski definition) is 1. The smallest absolute Gasteiger partial charge is 0.262 e. The van der Waals surface area contributed by atoms with Crippen molar-refractivity contribution in [1.29, 1.82) is 5.26 Å². The highest BCUT2D eigenvalue weighted by Crippen LogP contribution is 2.23. The third-order valence-electron chi connectivity index (χ3n) is 3.98. The van der Waals surface area contributed by atoms with Crippen LogP contribution in [0.25, 0.3) is 17.4 Å². The number of carbonyl (C=O) groups is 2. The van der Waals surface area contributed by atoms with Gasteiger partial charge in [0.25, 0.3) is 5.91 Å². The van der Waals surface area contributed by atoms with Crippen molar-refractivity contribution < 1.29 is 19.1 Å². The lowest BCUT2D eigenvalue weighted by Gasteiger charge is -2.04. The Kier molecular flexibility index (Phi) is 5.68. The minimum absolute atomic E-state index is 0.0669. The molecular weight excluding hydrogens is 356 g/mol. The van der Waals surface area contributed by atoms with Crippen molar-refractivity contribution in [1.82, 2.24) is 5.32 Å². The van der Waals surface area contributed by atoms with Gasteiger partial charge in [-0.15, -0.1) is 0 Å². The molecule has 1 N–H and O–H groups in total. The summed E-state index contributed by atoms with van der Waals surface area (Å²) in [6.07, 6.45) is 1.36. The van der Waals surface area contributed by atoms with Gasteiger partial charge in [0.2, 0.25) is 0 Å². The highest BCUT2D eigenvalue weighted by Gasteiger charge is 2.11. The standard InChI is InChI=1S/C22H16N2O4/c23-13-18(21(25)24-14-15-4-2-1-3-5-15)12-19-10-11-20(28-19)16-6-8-17(9-7-16)22(26)27/h1-12H,14H2,(H,24,25)(H,26,27)/p-1/b18-12+. The van der Waals surface area contributed by atoms with E-state index in [9.17, 15) is 20.0 Å². The monoisotopic (exact) mass is 371 g/mol. The first-order valence-corrected chi connectivity index (χ1v) is 8.42. The first-order chi connectivity index (χ1) is 13.6. The SMILES string of the molecule is N#C/C(=C\c1ccc(-c2ccc(C(=O)[O-])cc2)o1)C(=O)NCc1ccccc1. The Morgan fingerprint density at radius 2 is 1.75 bits per heavy atom. The van der Waals surface area contributed by atoms with E-state index in [1.807, 2.05) is 36.4 Å². The molecule has 6 heteroatoms. The molecule has 0 aliphatic rings. The van der Waals surface area contributed by atoms with Crippen LogP contribution in [0.4, 0.5) is 0 Å². The van der Waals surface area contributed by atoms with Crippen LogP contribution >= 0.6 is 0 Å². The highest BCUT2D eigenvalue weighted by atomic mass is 16.4. The molecule has 1 heterocycles. The second-order valence-electron chi connectivity index (χ2n) is 5.90. The third kappa shape index (κ3) is 4.54. The number of hydrogen-bond acceptors (Lipinski definition) is 5. The summed E-state index contributed by atoms with van der Waals surface area (Å²) in [6, 6.07) is 20.6. The Labute approximate surface area is 161 Å². The van der Waals surface area contributed by atoms with Gasteiger partial charge in [-0.05, 0) is 23.3 Å². The van der Waals surface area contributed by atoms with E-state index in [0.29, 0.717) is 23.6 Å². The Balaban J connectivity index is 1.72. The van der Waals surface area contributed by atoms with Crippen molar-refractivity contribution in [3.8, 4) is 17.4 Å². The number of carboxylic acids is 1. The van der Waals surface area contributed by atoms with Crippen LogP contribution in [0, 0.1) is 11.3 Å². The lowest BCUT2D eigenvalue weighted by Crippen LogP contribution is -2.23. The quantitative estimate of drug-likeness (QED) is 0.529. The van der Waals surface area contributed by atoms with Crippen LogP contribution in [-0.2, 0) is 11.3 Å². The molecule has 0 fully saturated rings. The summed E-state index contributed by atoms with van der Waals surface area (Å²) < 4.78 is 5.64. The maximum absolute atomic E-state index is 12.2. The summed E-state index contributed by atoms with van der Waals surface area (Å²) in [7, 11) is 0. The minimum Gasteiger partial charge on any atom is -0.545 e. The van der Waals surface area contributed by atoms with Crippen LogP contribution in [0.15, 0.2) is 76.7 Å². The number of carboxylic acid groups (broad SMARTS) is 1. The first kappa shape index (κ1) is 18.7. The van der Waals surface area contributed by atoms with E-state index in [4.69, 9.17) is 4.42 Å². The fraction of sp³-hybridized carbons (Fsp3) is 0.0455. The molecule has 0 aliphatic heterocycles. The Bertz CT molecular complexity index is 1060. The van der Waals surface area contributed by atoms with Crippen molar-refractivity contribution in [2.24, 2.45) is 0 Å². The molecule has 0 atom stereocenters. The lowest BCUT2D eigenvalue weighted by molar-refractivity contribution is -0.255. The molecule has 3 aromatic rings. The number of nitriles is 1. The molecule has 0 radical (unpaired) electrons. The third-order valence-corrected chi connectivity index (χ3v) is 3.98. The van der Waals surface area contributed by atoms with Crippen LogP contribution in [0.1, 0.15) is 21.7 Å². The molecule has 0 saturated carbocycles. The molecule has 1 aromatic heterocycles. The summed E-state index contributed by atoms with van der Waals surface area (Å²) in [5, 5.41) is 22.8. The Hall–Kier alpha value is -4.11. The van der Waals surface area contributed by atoms with E-state index in [0.717, 1.165) is 5.56 Å². The molecule has 0 unspecified atom stereocenters. The molecule has 3 rings (SSSR count). The van der Waals surface area contributed by atoms with Crippen LogP contribution in [0.2, 0.25) is 0 Å². The van der Waals surface area contributed by atoms with Gasteiger partial charge in [-0.2, -0.15) is 5.26 Å². The van der Waals surface area contributed by atoms with E-state index >= 15 is 0 Å². The minimum atomic E-state index is -1.25. The van der Waals surface area contributed by atoms with Gasteiger partial charge in [-0.3, -0.25) is 4.79 Å². The van der Waals surface area contributed by atoms with Gasteiger partial charge in [0.05, 0.1) is 5.97 Å². The number of benzene rings is 2. The van der Waals surface area contributed by atoms with Crippen LogP contribution in [0.5, 0.6) is 0 Å². The van der Waals surface area contributed by atoms with E-state index < -0.39 is 11.9 Å². The van der Waals surface area contributed by atoms with Gasteiger partial charge < -0.3 is 19.6 Å². The maximum Gasteiger partial charge on any atom is 0.262 e. The molecule has 2 aromatic carbocycles. The molecule has 0 saturated heterocycles. The average Bonchev–Trinajstić information content (AvgIpc) is 3.19. The van der Waals surface area contributed by atoms with Crippen molar-refractivity contribution in [3.63, 3.8) is 0 Å². The van der Waals surface area contributed by atoms with E-state index in [2.05, 4.69) is 5.32 Å². The molecule has 1 amide bonds. The van der Waals surface area contributed by atoms with Gasteiger partial charge in [-0.1, -0.05) is 54.6 Å². The van der Waals surface area contributed by atoms with Gasteiger partial charge in [0, 0.05) is 18.2 Å². The predicted molar refractivity (Wildman–Crippen MR) is 100 cm³/mol. The van der Waals surface area contributed by atoms with E-state index in [1.165, 1.54) is 18.2 Å². The summed E-state index contributed by atoms with van der Waals surface area (Å²) in [6.45, 7) is 0.312. The summed E-state index contributed by atoms with van der Waals surface area (Å²) >= 11 is 0. The van der Waals surface area contributed by atoms with Crippen molar-refractivity contribution >= 4 is 18.0 Å². The molecule has 138 valence electrons. The fourth-order valence-electron chi connectivity index (χ4n) is 2.52. The normalized spacial score (nSPS) is 10.9. The zero-order valence-electron chi connectivity index (χ0n) is 14.7. The lowest BCUT2D eigenvalue weighted by atomic mass is 10.1. The fourth-order valence-corrected chi connectivity index (χ4v) is 2.52. The predicted octanol–water partition coefficient (Wildman–Crippen LogP) is 2.53. The number of amides is 1. The average molecular weight is 371 g/mol. The molecule has 28 heavy (non-hydrogen) atoms. The molecule has 0 spiro atoms. The van der Waals surface area contributed by atoms with E-state index in [1.54, 1.807) is 24.3 Å². The van der Waals surface area contributed by atoms with Gasteiger partial charge >= 0.3 is 0 Å².